The maximum atomic E-state index is 14.2. The summed E-state index contributed by atoms with van der Waals surface area (Å²) in [7, 11) is 0. The van der Waals surface area contributed by atoms with Crippen LogP contribution in [0, 0.1) is 0 Å². The standard InChI is InChI=1S/C26H26F2N8O3/c27-21(28)23-30-18-8-4-5-9-19(18)36(23)25-32-22(31-24(33-25)34-12-14-38-15-13-34)20-16-29-10-11-35(20)26(37)39-17-6-2-1-3-7-17/h1-9,20-21,29H,10-16H2. The van der Waals surface area contributed by atoms with Crippen molar-refractivity contribution in [3.63, 3.8) is 0 Å². The molecule has 2 aliphatic rings. The number of aromatic nitrogens is 5. The Bertz CT molecular complexity index is 1460. The number of fused-ring (bicyclic) bond motifs is 1. The van der Waals surface area contributed by atoms with Gasteiger partial charge in [0.05, 0.1) is 24.2 Å². The van der Waals surface area contributed by atoms with Crippen molar-refractivity contribution in [3.05, 3.63) is 66.2 Å². The normalized spacial score (nSPS) is 18.1. The third-order valence-corrected chi connectivity index (χ3v) is 6.63. The van der Waals surface area contributed by atoms with Gasteiger partial charge in [-0.25, -0.2) is 18.6 Å². The monoisotopic (exact) mass is 536 g/mol. The number of alkyl halides is 2. The Morgan fingerprint density at radius 2 is 1.69 bits per heavy atom. The molecule has 0 aliphatic carbocycles. The van der Waals surface area contributed by atoms with Crippen molar-refractivity contribution in [1.29, 1.82) is 0 Å². The second-order valence-corrected chi connectivity index (χ2v) is 9.08. The van der Waals surface area contributed by atoms with E-state index in [2.05, 4.69) is 20.3 Å². The number of nitrogens with zero attached hydrogens (tertiary/aromatic N) is 7. The highest BCUT2D eigenvalue weighted by Gasteiger charge is 2.34. The number of halogens is 2. The number of amides is 1. The molecule has 0 spiro atoms. The lowest BCUT2D eigenvalue weighted by Crippen LogP contribution is -2.50. The number of imidazole rings is 1. The first-order valence-electron chi connectivity index (χ1n) is 12.7. The number of carbonyl (C=O) groups excluding carboxylic acids is 1. The van der Waals surface area contributed by atoms with Crippen molar-refractivity contribution < 1.29 is 23.0 Å². The fraction of sp³-hybridized carbons (Fsp3) is 0.346. The molecule has 2 fully saturated rings. The summed E-state index contributed by atoms with van der Waals surface area (Å²) >= 11 is 0. The number of morpholine rings is 1. The highest BCUT2D eigenvalue weighted by molar-refractivity contribution is 5.77. The summed E-state index contributed by atoms with van der Waals surface area (Å²) < 4.78 is 40.7. The summed E-state index contributed by atoms with van der Waals surface area (Å²) in [4.78, 5) is 34.8. The van der Waals surface area contributed by atoms with E-state index in [1.165, 1.54) is 4.57 Å². The van der Waals surface area contributed by atoms with Gasteiger partial charge in [-0.1, -0.05) is 30.3 Å². The molecule has 0 bridgehead atoms. The minimum atomic E-state index is -2.86. The van der Waals surface area contributed by atoms with E-state index in [9.17, 15) is 13.6 Å². The first-order valence-corrected chi connectivity index (χ1v) is 12.7. The van der Waals surface area contributed by atoms with E-state index >= 15 is 0 Å². The highest BCUT2D eigenvalue weighted by atomic mass is 19.3. The van der Waals surface area contributed by atoms with Crippen molar-refractivity contribution in [2.75, 3.05) is 50.8 Å². The summed E-state index contributed by atoms with van der Waals surface area (Å²) in [5.41, 5.74) is 0.843. The van der Waals surface area contributed by atoms with Crippen molar-refractivity contribution in [2.24, 2.45) is 0 Å². The topological polar surface area (TPSA) is 111 Å². The molecular weight excluding hydrogens is 510 g/mol. The van der Waals surface area contributed by atoms with E-state index in [1.54, 1.807) is 53.4 Å². The molecule has 1 unspecified atom stereocenters. The van der Waals surface area contributed by atoms with Gasteiger partial charge in [0.2, 0.25) is 11.9 Å². The first kappa shape index (κ1) is 25.1. The third-order valence-electron chi connectivity index (χ3n) is 6.63. The quantitative estimate of drug-likeness (QED) is 0.411. The summed E-state index contributed by atoms with van der Waals surface area (Å²) in [6, 6.07) is 15.0. The van der Waals surface area contributed by atoms with Crippen LogP contribution in [0.2, 0.25) is 0 Å². The van der Waals surface area contributed by atoms with Gasteiger partial charge in [-0.05, 0) is 24.3 Å². The smallest absolute Gasteiger partial charge is 0.410 e. The predicted octanol–water partition coefficient (Wildman–Crippen LogP) is 3.13. The van der Waals surface area contributed by atoms with E-state index in [0.717, 1.165) is 0 Å². The minimum absolute atomic E-state index is 0.00689. The highest BCUT2D eigenvalue weighted by Crippen LogP contribution is 2.29. The molecule has 2 aliphatic heterocycles. The maximum Gasteiger partial charge on any atom is 0.415 e. The fourth-order valence-corrected chi connectivity index (χ4v) is 4.73. The number of hydrogen-bond donors (Lipinski definition) is 1. The average molecular weight is 537 g/mol. The number of carbonyl (C=O) groups is 1. The van der Waals surface area contributed by atoms with Crippen LogP contribution in [-0.2, 0) is 4.74 Å². The molecule has 2 aromatic heterocycles. The van der Waals surface area contributed by atoms with E-state index < -0.39 is 24.4 Å². The van der Waals surface area contributed by atoms with E-state index in [-0.39, 0.29) is 11.8 Å². The SMILES string of the molecule is O=C(Oc1ccccc1)N1CCNCC1c1nc(N2CCOCC2)nc(-n2c(C(F)F)nc3ccccc32)n1. The number of nitrogens with one attached hydrogen (secondary N) is 1. The predicted molar refractivity (Wildman–Crippen MR) is 137 cm³/mol. The molecule has 0 saturated carbocycles. The van der Waals surface area contributed by atoms with Crippen LogP contribution in [0.15, 0.2) is 54.6 Å². The third kappa shape index (κ3) is 5.10. The molecule has 4 heterocycles. The number of hydrogen-bond acceptors (Lipinski definition) is 9. The van der Waals surface area contributed by atoms with Crippen molar-refractivity contribution in [1.82, 2.24) is 34.7 Å². The van der Waals surface area contributed by atoms with Crippen molar-refractivity contribution >= 4 is 23.1 Å². The number of ether oxygens (including phenoxy) is 2. The number of para-hydroxylation sites is 3. The Morgan fingerprint density at radius 1 is 0.949 bits per heavy atom. The van der Waals surface area contributed by atoms with Gasteiger partial charge in [0.1, 0.15) is 11.8 Å². The Hall–Kier alpha value is -4.23. The lowest BCUT2D eigenvalue weighted by Gasteiger charge is -2.35. The largest absolute Gasteiger partial charge is 0.415 e. The second-order valence-electron chi connectivity index (χ2n) is 9.08. The molecule has 39 heavy (non-hydrogen) atoms. The van der Waals surface area contributed by atoms with Crippen molar-refractivity contribution in [2.45, 2.75) is 12.5 Å². The van der Waals surface area contributed by atoms with Gasteiger partial charge in [0, 0.05) is 32.7 Å². The molecule has 0 radical (unpaired) electrons. The lowest BCUT2D eigenvalue weighted by atomic mass is 10.2. The zero-order valence-electron chi connectivity index (χ0n) is 20.9. The van der Waals surface area contributed by atoms with Crippen LogP contribution in [0.25, 0.3) is 17.0 Å². The number of benzene rings is 2. The molecule has 2 saturated heterocycles. The van der Waals surface area contributed by atoms with Crippen LogP contribution >= 0.6 is 0 Å². The Morgan fingerprint density at radius 3 is 2.49 bits per heavy atom. The minimum Gasteiger partial charge on any atom is -0.410 e. The zero-order valence-corrected chi connectivity index (χ0v) is 20.9. The van der Waals surface area contributed by atoms with Crippen LogP contribution in [0.4, 0.5) is 19.5 Å². The van der Waals surface area contributed by atoms with Crippen molar-refractivity contribution in [3.8, 4) is 11.7 Å². The molecule has 2 aromatic carbocycles. The fourth-order valence-electron chi connectivity index (χ4n) is 4.73. The molecule has 4 aromatic rings. The van der Waals surface area contributed by atoms with Crippen LogP contribution in [0.5, 0.6) is 5.75 Å². The van der Waals surface area contributed by atoms with E-state index in [1.807, 2.05) is 11.0 Å². The molecular formula is C26H26F2N8O3. The van der Waals surface area contributed by atoms with Gasteiger partial charge < -0.3 is 19.7 Å². The van der Waals surface area contributed by atoms with Gasteiger partial charge in [-0.2, -0.15) is 15.0 Å². The number of rotatable bonds is 5. The zero-order chi connectivity index (χ0) is 26.8. The van der Waals surface area contributed by atoms with E-state index in [4.69, 9.17) is 14.5 Å². The lowest BCUT2D eigenvalue weighted by molar-refractivity contribution is 0.115. The molecule has 202 valence electrons. The van der Waals surface area contributed by atoms with Gasteiger partial charge >= 0.3 is 6.09 Å². The first-order chi connectivity index (χ1) is 19.1. The molecule has 1 N–H and O–H groups in total. The number of anilines is 1. The van der Waals surface area contributed by atoms with Gasteiger partial charge in [0.15, 0.2) is 11.6 Å². The summed E-state index contributed by atoms with van der Waals surface area (Å²) in [5.74, 6) is 0.530. The summed E-state index contributed by atoms with van der Waals surface area (Å²) in [5, 5.41) is 3.27. The summed E-state index contributed by atoms with van der Waals surface area (Å²) in [6.45, 7) is 3.26. The van der Waals surface area contributed by atoms with Gasteiger partial charge in [0.25, 0.3) is 6.43 Å². The van der Waals surface area contributed by atoms with Crippen LogP contribution in [0.3, 0.4) is 0 Å². The molecule has 1 atom stereocenters. The van der Waals surface area contributed by atoms with E-state index in [0.29, 0.717) is 68.7 Å². The summed E-state index contributed by atoms with van der Waals surface area (Å²) in [6.07, 6.45) is -3.41. The average Bonchev–Trinajstić information content (AvgIpc) is 3.38. The molecule has 1 amide bonds. The Labute approximate surface area is 222 Å². The number of piperazine rings is 1. The van der Waals surface area contributed by atoms with Gasteiger partial charge in [-0.15, -0.1) is 0 Å². The molecule has 6 rings (SSSR count). The second kappa shape index (κ2) is 10.9. The van der Waals surface area contributed by atoms with Gasteiger partial charge in [-0.3, -0.25) is 9.47 Å². The van der Waals surface area contributed by atoms with Crippen LogP contribution in [-0.4, -0.2) is 81.4 Å². The molecule has 11 nitrogen and oxygen atoms in total. The molecule has 13 heteroatoms. The maximum absolute atomic E-state index is 14.2. The Kier molecular flexibility index (Phi) is 6.99. The Balaban J connectivity index is 1.45. The van der Waals surface area contributed by atoms with Crippen LogP contribution in [0.1, 0.15) is 24.1 Å². The van der Waals surface area contributed by atoms with Crippen LogP contribution < -0.4 is 15.0 Å².